The number of carbonyl (C=O) groups is 1. The molecule has 0 aliphatic carbocycles. The summed E-state index contributed by atoms with van der Waals surface area (Å²) in [6.45, 7) is 3.41. The SMILES string of the molecule is Cc1ccc(-n2cc(C)c(C(=O)O)n2)c(F)c1. The van der Waals surface area contributed by atoms with Gasteiger partial charge in [-0.3, -0.25) is 0 Å². The molecule has 2 aromatic rings. The zero-order valence-corrected chi connectivity index (χ0v) is 9.44. The van der Waals surface area contributed by atoms with E-state index in [2.05, 4.69) is 5.10 Å². The third kappa shape index (κ3) is 2.04. The van der Waals surface area contributed by atoms with Gasteiger partial charge in [0.05, 0.1) is 0 Å². The average Bonchev–Trinajstić information content (AvgIpc) is 2.60. The first-order valence-electron chi connectivity index (χ1n) is 5.05. The van der Waals surface area contributed by atoms with Crippen molar-refractivity contribution in [2.75, 3.05) is 0 Å². The molecule has 0 saturated carbocycles. The Kier molecular flexibility index (Phi) is 2.67. The zero-order valence-electron chi connectivity index (χ0n) is 9.44. The van der Waals surface area contributed by atoms with Crippen molar-refractivity contribution in [2.24, 2.45) is 0 Å². The molecule has 0 fully saturated rings. The van der Waals surface area contributed by atoms with E-state index in [9.17, 15) is 9.18 Å². The molecule has 88 valence electrons. The van der Waals surface area contributed by atoms with Crippen molar-refractivity contribution in [1.82, 2.24) is 9.78 Å². The molecule has 0 aliphatic rings. The van der Waals surface area contributed by atoms with Crippen LogP contribution in [0.5, 0.6) is 0 Å². The van der Waals surface area contributed by atoms with Gasteiger partial charge in [0.1, 0.15) is 11.5 Å². The number of benzene rings is 1. The van der Waals surface area contributed by atoms with Crippen LogP contribution < -0.4 is 0 Å². The van der Waals surface area contributed by atoms with Crippen LogP contribution in [-0.4, -0.2) is 20.9 Å². The Balaban J connectivity index is 2.53. The van der Waals surface area contributed by atoms with Crippen LogP contribution in [0.1, 0.15) is 21.6 Å². The molecule has 0 unspecified atom stereocenters. The van der Waals surface area contributed by atoms with Crippen LogP contribution in [0, 0.1) is 19.7 Å². The van der Waals surface area contributed by atoms with E-state index in [1.54, 1.807) is 26.0 Å². The molecule has 2 rings (SSSR count). The van der Waals surface area contributed by atoms with Crippen molar-refractivity contribution in [3.8, 4) is 5.69 Å². The molecule has 17 heavy (non-hydrogen) atoms. The van der Waals surface area contributed by atoms with Crippen molar-refractivity contribution in [2.45, 2.75) is 13.8 Å². The second kappa shape index (κ2) is 4.01. The summed E-state index contributed by atoms with van der Waals surface area (Å²) in [6.07, 6.45) is 1.50. The maximum atomic E-state index is 13.7. The summed E-state index contributed by atoms with van der Waals surface area (Å²) in [5.41, 5.74) is 1.47. The van der Waals surface area contributed by atoms with Crippen LogP contribution in [-0.2, 0) is 0 Å². The second-order valence-electron chi connectivity index (χ2n) is 3.87. The molecule has 0 spiro atoms. The van der Waals surface area contributed by atoms with Gasteiger partial charge in [0.25, 0.3) is 0 Å². The van der Waals surface area contributed by atoms with Gasteiger partial charge in [0, 0.05) is 11.8 Å². The van der Waals surface area contributed by atoms with Crippen LogP contribution in [0.3, 0.4) is 0 Å². The number of rotatable bonds is 2. The first kappa shape index (κ1) is 11.3. The van der Waals surface area contributed by atoms with Gasteiger partial charge in [-0.15, -0.1) is 0 Å². The Labute approximate surface area is 97.3 Å². The van der Waals surface area contributed by atoms with Crippen LogP contribution in [0.15, 0.2) is 24.4 Å². The lowest BCUT2D eigenvalue weighted by atomic mass is 10.2. The highest BCUT2D eigenvalue weighted by Gasteiger charge is 2.14. The molecule has 5 heteroatoms. The number of aryl methyl sites for hydroxylation is 2. The molecule has 0 radical (unpaired) electrons. The molecule has 0 atom stereocenters. The molecule has 1 N–H and O–H groups in total. The topological polar surface area (TPSA) is 55.1 Å². The third-order valence-electron chi connectivity index (χ3n) is 2.45. The number of carboxylic acids is 1. The van der Waals surface area contributed by atoms with Gasteiger partial charge >= 0.3 is 5.97 Å². The first-order valence-corrected chi connectivity index (χ1v) is 5.05. The van der Waals surface area contributed by atoms with Crippen LogP contribution in [0.25, 0.3) is 5.69 Å². The molecule has 0 aliphatic heterocycles. The smallest absolute Gasteiger partial charge is 0.356 e. The van der Waals surface area contributed by atoms with Gasteiger partial charge in [-0.25, -0.2) is 13.9 Å². The summed E-state index contributed by atoms with van der Waals surface area (Å²) < 4.78 is 14.9. The van der Waals surface area contributed by atoms with Gasteiger partial charge in [0.2, 0.25) is 0 Å². The van der Waals surface area contributed by atoms with Crippen molar-refractivity contribution in [3.63, 3.8) is 0 Å². The van der Waals surface area contributed by atoms with E-state index in [0.717, 1.165) is 5.56 Å². The molecular formula is C12H11FN2O2. The highest BCUT2D eigenvalue weighted by molar-refractivity contribution is 5.86. The monoisotopic (exact) mass is 234 g/mol. The average molecular weight is 234 g/mol. The standard InChI is InChI=1S/C12H11FN2O2/c1-7-3-4-10(9(13)5-7)15-6-8(2)11(14-15)12(16)17/h3-6H,1-2H3,(H,16,17). The maximum Gasteiger partial charge on any atom is 0.356 e. The minimum atomic E-state index is -1.12. The fourth-order valence-electron chi connectivity index (χ4n) is 1.59. The fourth-order valence-corrected chi connectivity index (χ4v) is 1.59. The molecule has 0 amide bonds. The van der Waals surface area contributed by atoms with Crippen LogP contribution in [0.2, 0.25) is 0 Å². The summed E-state index contributed by atoms with van der Waals surface area (Å²) >= 11 is 0. The van der Waals surface area contributed by atoms with Gasteiger partial charge in [-0.1, -0.05) is 6.07 Å². The summed E-state index contributed by atoms with van der Waals surface area (Å²) in [5, 5.41) is 12.7. The molecule has 0 bridgehead atoms. The molecule has 1 heterocycles. The Bertz CT molecular complexity index is 590. The van der Waals surface area contributed by atoms with Gasteiger partial charge in [-0.2, -0.15) is 5.10 Å². The number of aromatic carboxylic acids is 1. The van der Waals surface area contributed by atoms with Crippen LogP contribution in [0.4, 0.5) is 4.39 Å². The lowest BCUT2D eigenvalue weighted by Gasteiger charge is -2.03. The summed E-state index contributed by atoms with van der Waals surface area (Å²) in [5.74, 6) is -1.54. The second-order valence-corrected chi connectivity index (χ2v) is 3.87. The minimum absolute atomic E-state index is 0.0648. The lowest BCUT2D eigenvalue weighted by Crippen LogP contribution is -2.03. The number of nitrogens with zero attached hydrogens (tertiary/aromatic N) is 2. The highest BCUT2D eigenvalue weighted by Crippen LogP contribution is 2.16. The van der Waals surface area contributed by atoms with Crippen molar-refractivity contribution in [1.29, 1.82) is 0 Å². The van der Waals surface area contributed by atoms with Gasteiger partial charge in [-0.05, 0) is 31.5 Å². The van der Waals surface area contributed by atoms with E-state index >= 15 is 0 Å². The zero-order chi connectivity index (χ0) is 12.6. The predicted octanol–water partition coefficient (Wildman–Crippen LogP) is 2.33. The number of carboxylic acid groups (broad SMARTS) is 1. The molecule has 4 nitrogen and oxygen atoms in total. The normalized spacial score (nSPS) is 10.5. The summed E-state index contributed by atoms with van der Waals surface area (Å²) in [4.78, 5) is 10.8. The Hall–Kier alpha value is -2.17. The summed E-state index contributed by atoms with van der Waals surface area (Å²) in [7, 11) is 0. The Morgan fingerprint density at radius 3 is 2.65 bits per heavy atom. The van der Waals surface area contributed by atoms with E-state index in [1.807, 2.05) is 0 Å². The van der Waals surface area contributed by atoms with Crippen molar-refractivity contribution in [3.05, 3.63) is 47.0 Å². The lowest BCUT2D eigenvalue weighted by molar-refractivity contribution is 0.0689. The number of aromatic nitrogens is 2. The molecule has 1 aromatic heterocycles. The number of hydrogen-bond acceptors (Lipinski definition) is 2. The molecule has 0 saturated heterocycles. The molecule has 1 aromatic carbocycles. The van der Waals surface area contributed by atoms with E-state index in [0.29, 0.717) is 5.56 Å². The van der Waals surface area contributed by atoms with E-state index in [-0.39, 0.29) is 11.4 Å². The van der Waals surface area contributed by atoms with Crippen molar-refractivity contribution >= 4 is 5.97 Å². The molecular weight excluding hydrogens is 223 g/mol. The predicted molar refractivity (Wildman–Crippen MR) is 60.0 cm³/mol. The first-order chi connectivity index (χ1) is 7.99. The summed E-state index contributed by atoms with van der Waals surface area (Å²) in [6, 6.07) is 4.70. The fraction of sp³-hybridized carbons (Fsp3) is 0.167. The van der Waals surface area contributed by atoms with E-state index < -0.39 is 11.8 Å². The van der Waals surface area contributed by atoms with Gasteiger partial charge < -0.3 is 5.11 Å². The largest absolute Gasteiger partial charge is 0.476 e. The van der Waals surface area contributed by atoms with E-state index in [1.165, 1.54) is 16.9 Å². The highest BCUT2D eigenvalue weighted by atomic mass is 19.1. The van der Waals surface area contributed by atoms with E-state index in [4.69, 9.17) is 5.11 Å². The maximum absolute atomic E-state index is 13.7. The van der Waals surface area contributed by atoms with Crippen molar-refractivity contribution < 1.29 is 14.3 Å². The Morgan fingerprint density at radius 1 is 1.41 bits per heavy atom. The minimum Gasteiger partial charge on any atom is -0.476 e. The van der Waals surface area contributed by atoms with Gasteiger partial charge in [0.15, 0.2) is 5.69 Å². The number of hydrogen-bond donors (Lipinski definition) is 1. The number of halogens is 1. The Morgan fingerprint density at radius 2 is 2.12 bits per heavy atom. The quantitative estimate of drug-likeness (QED) is 0.867. The third-order valence-corrected chi connectivity index (χ3v) is 2.45. The van der Waals surface area contributed by atoms with Crippen LogP contribution >= 0.6 is 0 Å².